The maximum atomic E-state index is 3.82. The predicted octanol–water partition coefficient (Wildman–Crippen LogP) is 6.92. The van der Waals surface area contributed by atoms with Gasteiger partial charge in [-0.3, -0.25) is 0 Å². The van der Waals surface area contributed by atoms with E-state index in [2.05, 4.69) is 95.6 Å². The summed E-state index contributed by atoms with van der Waals surface area (Å²) >= 11 is 22.9. The van der Waals surface area contributed by atoms with E-state index in [4.69, 9.17) is 0 Å². The molecule has 0 saturated heterocycles. The van der Waals surface area contributed by atoms with Crippen molar-refractivity contribution < 1.29 is 0 Å². The van der Waals surface area contributed by atoms with Crippen molar-refractivity contribution in [3.05, 3.63) is 0 Å². The molecule has 0 radical (unpaired) electrons. The van der Waals surface area contributed by atoms with E-state index in [0.717, 1.165) is 0 Å². The Bertz CT molecular complexity index is 175. The van der Waals surface area contributed by atoms with Crippen LogP contribution >= 0.6 is 95.6 Å². The van der Waals surface area contributed by atoms with E-state index in [0.29, 0.717) is 29.0 Å². The summed E-state index contributed by atoms with van der Waals surface area (Å²) in [6.45, 7) is 0. The quantitative estimate of drug-likeness (QED) is 0.197. The zero-order valence-corrected chi connectivity index (χ0v) is 19.5. The van der Waals surface area contributed by atoms with Gasteiger partial charge in [-0.05, 0) is 38.5 Å². The summed E-state index contributed by atoms with van der Waals surface area (Å²) in [6, 6.07) is 0. The average molecular weight is 654 g/mol. The van der Waals surface area contributed by atoms with Gasteiger partial charge in [-0.15, -0.1) is 0 Å². The maximum Gasteiger partial charge on any atom is 0.0271 e. The lowest BCUT2D eigenvalue weighted by Crippen LogP contribution is -2.25. The highest BCUT2D eigenvalue weighted by Gasteiger charge is 2.25. The van der Waals surface area contributed by atoms with Crippen molar-refractivity contribution in [3.8, 4) is 0 Å². The lowest BCUT2D eigenvalue weighted by atomic mass is 11.0. The molecule has 1 aliphatic carbocycles. The minimum Gasteiger partial charge on any atom is -0.0879 e. The summed E-state index contributed by atoms with van der Waals surface area (Å²) in [5.74, 6) is 0. The molecule has 0 aromatic carbocycles. The number of alkyl halides is 6. The summed E-state index contributed by atoms with van der Waals surface area (Å²) in [6.07, 6.45) is 7.24. The summed E-state index contributed by atoms with van der Waals surface area (Å²) in [7, 11) is 0. The molecule has 0 aliphatic heterocycles. The second-order valence-corrected chi connectivity index (χ2v) is 11.9. The fourth-order valence-corrected chi connectivity index (χ4v) is 5.21. The third-order valence-electron chi connectivity index (χ3n) is 3.33. The molecule has 1 aliphatic rings. The first-order valence-electron chi connectivity index (χ1n) is 6.26. The highest BCUT2D eigenvalue weighted by Crippen LogP contribution is 2.34. The number of hydrogen-bond acceptors (Lipinski definition) is 0. The normalized spacial score (nSPS) is 45.0. The van der Waals surface area contributed by atoms with Gasteiger partial charge in [0.05, 0.1) is 0 Å². The van der Waals surface area contributed by atoms with Crippen LogP contribution < -0.4 is 0 Å². The predicted molar refractivity (Wildman–Crippen MR) is 104 cm³/mol. The standard InChI is InChI=1S/C12H18Br6/c13-7-1-2-8(14)10(16)5-6-12(18)11(17)4-3-9(7)15/h7-12H,1-6H2/t7-,8-,9-,10+,11+,12-/m1/s1/i1+1,2+1,3+1,4+1,5+1,6+1,7+1,8+1,9+1,10+1,11+1,12+1. The Morgan fingerprint density at radius 2 is 0.444 bits per heavy atom. The molecule has 6 atom stereocenters. The molecule has 0 spiro atoms. The monoisotopic (exact) mass is 648 g/mol. The Balaban J connectivity index is 2.61. The fourth-order valence-electron chi connectivity index (χ4n) is 2.04. The summed E-state index contributed by atoms with van der Waals surface area (Å²) in [4.78, 5) is 3.36. The van der Waals surface area contributed by atoms with Gasteiger partial charge in [0.2, 0.25) is 0 Å². The third-order valence-corrected chi connectivity index (χ3v) is 12.0. The number of hydrogen-bond donors (Lipinski definition) is 0. The number of halogens is 6. The van der Waals surface area contributed by atoms with Crippen LogP contribution in [0.4, 0.5) is 0 Å². The summed E-state index contributed by atoms with van der Waals surface area (Å²) in [5, 5.41) is 0. The van der Waals surface area contributed by atoms with Crippen molar-refractivity contribution in [2.24, 2.45) is 0 Å². The highest BCUT2D eigenvalue weighted by atomic mass is 79.9. The zero-order chi connectivity index (χ0) is 13.7. The van der Waals surface area contributed by atoms with Crippen LogP contribution in [-0.2, 0) is 0 Å². The van der Waals surface area contributed by atoms with Crippen LogP contribution in [0.2, 0.25) is 0 Å². The van der Waals surface area contributed by atoms with Gasteiger partial charge in [-0.25, -0.2) is 0 Å². The molecule has 0 heterocycles. The molecular weight excluding hydrogens is 635 g/mol. The summed E-state index contributed by atoms with van der Waals surface area (Å²) < 4.78 is 0. The van der Waals surface area contributed by atoms with Crippen LogP contribution in [0.3, 0.4) is 0 Å². The van der Waals surface area contributed by atoms with Gasteiger partial charge in [0, 0.05) is 29.0 Å². The van der Waals surface area contributed by atoms with Gasteiger partial charge in [0.15, 0.2) is 0 Å². The molecule has 1 fully saturated rings. The van der Waals surface area contributed by atoms with Crippen LogP contribution in [0.15, 0.2) is 0 Å². The third kappa shape index (κ3) is 6.76. The molecule has 0 nitrogen and oxygen atoms in total. The van der Waals surface area contributed by atoms with E-state index in [1.807, 2.05) is 0 Å². The molecule has 6 heteroatoms. The molecule has 0 aromatic rings. The van der Waals surface area contributed by atoms with Gasteiger partial charge < -0.3 is 0 Å². The zero-order valence-electron chi connectivity index (χ0n) is 9.97. The van der Waals surface area contributed by atoms with E-state index in [1.54, 1.807) is 0 Å². The SMILES string of the molecule is Br[13C@@H]1[13CH2][13CH2][13C@@H](Br)[13C@@H](Br)[13CH2][13CH2][13C@@H](Br)[13C@@H](Br)[13CH2][13CH2][13C@H]1Br. The Morgan fingerprint density at radius 3 is 0.556 bits per heavy atom. The lowest BCUT2D eigenvalue weighted by molar-refractivity contribution is 0.557. The fraction of sp³-hybridized carbons (Fsp3) is 1.00. The van der Waals surface area contributed by atoms with E-state index >= 15 is 0 Å². The second-order valence-electron chi connectivity index (χ2n) is 4.83. The van der Waals surface area contributed by atoms with Crippen LogP contribution in [0.1, 0.15) is 38.5 Å². The first kappa shape index (κ1) is 18.9. The van der Waals surface area contributed by atoms with Crippen LogP contribution in [0.5, 0.6) is 0 Å². The molecular formula is C12H18Br6. The van der Waals surface area contributed by atoms with Gasteiger partial charge in [0.25, 0.3) is 0 Å². The van der Waals surface area contributed by atoms with Gasteiger partial charge in [-0.1, -0.05) is 95.6 Å². The number of rotatable bonds is 0. The Hall–Kier alpha value is 2.88. The van der Waals surface area contributed by atoms with Gasteiger partial charge in [0.1, 0.15) is 0 Å². The Morgan fingerprint density at radius 1 is 0.333 bits per heavy atom. The maximum absolute atomic E-state index is 3.82. The van der Waals surface area contributed by atoms with Crippen molar-refractivity contribution in [2.45, 2.75) is 67.5 Å². The Kier molecular flexibility index (Phi) is 10.3. The molecule has 1 saturated carbocycles. The van der Waals surface area contributed by atoms with E-state index in [9.17, 15) is 0 Å². The molecule has 0 unspecified atom stereocenters. The first-order chi connectivity index (χ1) is 8.41. The van der Waals surface area contributed by atoms with Crippen molar-refractivity contribution in [1.29, 1.82) is 0 Å². The van der Waals surface area contributed by atoms with Gasteiger partial charge >= 0.3 is 0 Å². The van der Waals surface area contributed by atoms with Crippen molar-refractivity contribution in [1.82, 2.24) is 0 Å². The van der Waals surface area contributed by atoms with Crippen LogP contribution in [-0.4, -0.2) is 29.0 Å². The second kappa shape index (κ2) is 9.81. The largest absolute Gasteiger partial charge is 0.0879 e. The minimum absolute atomic E-state index is 0.560. The minimum atomic E-state index is 0.560. The molecule has 0 amide bonds. The van der Waals surface area contributed by atoms with Crippen molar-refractivity contribution in [3.63, 3.8) is 0 Å². The topological polar surface area (TPSA) is 0 Å². The summed E-state index contributed by atoms with van der Waals surface area (Å²) in [5.41, 5.74) is 0. The molecule has 18 heavy (non-hydrogen) atoms. The van der Waals surface area contributed by atoms with Crippen LogP contribution in [0, 0.1) is 0 Å². The van der Waals surface area contributed by atoms with E-state index in [1.165, 1.54) is 38.5 Å². The van der Waals surface area contributed by atoms with Crippen LogP contribution in [0.25, 0.3) is 0 Å². The average Bonchev–Trinajstić information content (AvgIpc) is 2.36. The Labute approximate surface area is 161 Å². The molecule has 108 valence electrons. The first-order valence-corrected chi connectivity index (χ1v) is 11.8. The van der Waals surface area contributed by atoms with Gasteiger partial charge in [-0.2, -0.15) is 0 Å². The molecule has 0 aromatic heterocycles. The molecule has 1 rings (SSSR count). The molecule has 0 bridgehead atoms. The van der Waals surface area contributed by atoms with Crippen molar-refractivity contribution >= 4 is 95.6 Å². The van der Waals surface area contributed by atoms with Crippen molar-refractivity contribution in [2.75, 3.05) is 0 Å². The highest BCUT2D eigenvalue weighted by molar-refractivity contribution is 9.13. The molecule has 0 N–H and O–H groups in total. The smallest absolute Gasteiger partial charge is 0.0271 e. The van der Waals surface area contributed by atoms with E-state index < -0.39 is 0 Å². The van der Waals surface area contributed by atoms with E-state index in [-0.39, 0.29) is 0 Å². The lowest BCUT2D eigenvalue weighted by Gasteiger charge is -2.25.